The molecule has 7 nitrogen and oxygen atoms in total. The van der Waals surface area contributed by atoms with Gasteiger partial charge >= 0.3 is 6.18 Å². The number of hydrogen-bond acceptors (Lipinski definition) is 4. The Morgan fingerprint density at radius 1 is 1.05 bits per heavy atom. The van der Waals surface area contributed by atoms with Crippen molar-refractivity contribution in [1.82, 2.24) is 19.1 Å². The number of alkyl halides is 3. The zero-order valence-electron chi connectivity index (χ0n) is 20.0. The van der Waals surface area contributed by atoms with E-state index in [2.05, 4.69) is 15.3 Å². The molecule has 0 atom stereocenters. The average molecular weight is 505 g/mol. The molecule has 3 heterocycles. The minimum atomic E-state index is -4.62. The van der Waals surface area contributed by atoms with Gasteiger partial charge in [0.25, 0.3) is 0 Å². The summed E-state index contributed by atoms with van der Waals surface area (Å²) in [4.78, 5) is 20.2. The number of carbonyl (C=O) groups is 1. The molecule has 0 aliphatic carbocycles. The molecule has 188 valence electrons. The van der Waals surface area contributed by atoms with Crippen molar-refractivity contribution in [2.45, 2.75) is 26.1 Å². The number of halogens is 3. The standard InChI is InChI=1S/C27H23F3N6O/c1-16(2)34-20-11-17(26(31)37)8-9-22(20)36-13-19(27(28,29)30)25-23(6-3-7-24(25)36)35-14-21(33-15-35)18-5-4-10-32-12-18/h3-16,34H,1-2H3,(H2,31,37). The monoisotopic (exact) mass is 504 g/mol. The van der Waals surface area contributed by atoms with E-state index in [-0.39, 0.29) is 17.0 Å². The van der Waals surface area contributed by atoms with E-state index in [9.17, 15) is 18.0 Å². The van der Waals surface area contributed by atoms with Gasteiger partial charge in [-0.2, -0.15) is 13.2 Å². The van der Waals surface area contributed by atoms with Crippen LogP contribution in [0.15, 0.2) is 79.6 Å². The van der Waals surface area contributed by atoms with E-state index < -0.39 is 17.6 Å². The minimum absolute atomic E-state index is 0.0274. The van der Waals surface area contributed by atoms with Crippen LogP contribution in [0.5, 0.6) is 0 Å². The first-order chi connectivity index (χ1) is 17.6. The first-order valence-electron chi connectivity index (χ1n) is 11.5. The predicted octanol–water partition coefficient (Wildman–Crippen LogP) is 5.82. The maximum atomic E-state index is 14.4. The van der Waals surface area contributed by atoms with Crippen LogP contribution < -0.4 is 11.1 Å². The van der Waals surface area contributed by atoms with Gasteiger partial charge in [0.1, 0.15) is 0 Å². The maximum Gasteiger partial charge on any atom is 0.418 e. The molecule has 0 spiro atoms. The van der Waals surface area contributed by atoms with Crippen LogP contribution >= 0.6 is 0 Å². The number of benzene rings is 2. The summed E-state index contributed by atoms with van der Waals surface area (Å²) in [6.45, 7) is 3.79. The van der Waals surface area contributed by atoms with Gasteiger partial charge in [-0.1, -0.05) is 6.07 Å². The summed E-state index contributed by atoms with van der Waals surface area (Å²) in [5.41, 5.74) is 7.87. The number of imidazole rings is 1. The summed E-state index contributed by atoms with van der Waals surface area (Å²) < 4.78 is 46.2. The van der Waals surface area contributed by atoms with Crippen LogP contribution in [-0.2, 0) is 6.18 Å². The summed E-state index contributed by atoms with van der Waals surface area (Å²) in [6, 6.07) is 13.2. The summed E-state index contributed by atoms with van der Waals surface area (Å²) in [6.07, 6.45) is 2.91. The fourth-order valence-corrected chi connectivity index (χ4v) is 4.34. The van der Waals surface area contributed by atoms with Gasteiger partial charge in [-0.3, -0.25) is 9.78 Å². The highest BCUT2D eigenvalue weighted by molar-refractivity contribution is 5.96. The fourth-order valence-electron chi connectivity index (χ4n) is 4.34. The minimum Gasteiger partial charge on any atom is -0.381 e. The molecule has 0 fully saturated rings. The molecular weight excluding hydrogens is 481 g/mol. The van der Waals surface area contributed by atoms with Crippen LogP contribution in [0.3, 0.4) is 0 Å². The van der Waals surface area contributed by atoms with E-state index in [1.807, 2.05) is 19.9 Å². The highest BCUT2D eigenvalue weighted by Gasteiger charge is 2.36. The number of rotatable bonds is 6. The van der Waals surface area contributed by atoms with Crippen molar-refractivity contribution < 1.29 is 18.0 Å². The third-order valence-corrected chi connectivity index (χ3v) is 5.92. The van der Waals surface area contributed by atoms with Crippen LogP contribution in [-0.4, -0.2) is 31.1 Å². The molecule has 1 amide bonds. The highest BCUT2D eigenvalue weighted by atomic mass is 19.4. The zero-order valence-corrected chi connectivity index (χ0v) is 20.0. The Labute approximate surface area is 210 Å². The van der Waals surface area contributed by atoms with Gasteiger partial charge in [-0.05, 0) is 56.3 Å². The molecule has 5 rings (SSSR count). The molecule has 10 heteroatoms. The fraction of sp³-hybridized carbons (Fsp3) is 0.148. The van der Waals surface area contributed by atoms with Crippen molar-refractivity contribution in [3.05, 3.63) is 90.8 Å². The summed E-state index contributed by atoms with van der Waals surface area (Å²) in [5, 5.41) is 3.24. The Morgan fingerprint density at radius 2 is 1.86 bits per heavy atom. The molecule has 0 bridgehead atoms. The van der Waals surface area contributed by atoms with Gasteiger partial charge in [0.05, 0.1) is 40.2 Å². The van der Waals surface area contributed by atoms with Crippen LogP contribution in [0, 0.1) is 0 Å². The third kappa shape index (κ3) is 4.53. The first-order valence-corrected chi connectivity index (χ1v) is 11.5. The molecule has 0 saturated carbocycles. The Morgan fingerprint density at radius 3 is 2.54 bits per heavy atom. The maximum absolute atomic E-state index is 14.4. The van der Waals surface area contributed by atoms with E-state index >= 15 is 0 Å². The lowest BCUT2D eigenvalue weighted by molar-refractivity contribution is -0.136. The number of amides is 1. The van der Waals surface area contributed by atoms with Crippen LogP contribution in [0.1, 0.15) is 29.8 Å². The van der Waals surface area contributed by atoms with E-state index in [1.165, 1.54) is 17.0 Å². The number of hydrogen-bond donors (Lipinski definition) is 2. The van der Waals surface area contributed by atoms with Gasteiger partial charge < -0.3 is 20.2 Å². The van der Waals surface area contributed by atoms with Crippen molar-refractivity contribution in [2.75, 3.05) is 5.32 Å². The topological polar surface area (TPSA) is 90.8 Å². The molecule has 37 heavy (non-hydrogen) atoms. The number of anilines is 1. The van der Waals surface area contributed by atoms with Gasteiger partial charge in [0.2, 0.25) is 5.91 Å². The molecule has 0 saturated heterocycles. The lowest BCUT2D eigenvalue weighted by atomic mass is 10.1. The number of pyridine rings is 1. The van der Waals surface area contributed by atoms with Crippen molar-refractivity contribution in [2.24, 2.45) is 5.73 Å². The van der Waals surface area contributed by atoms with Gasteiger partial charge in [-0.25, -0.2) is 4.98 Å². The summed E-state index contributed by atoms with van der Waals surface area (Å²) in [7, 11) is 0. The summed E-state index contributed by atoms with van der Waals surface area (Å²) in [5.74, 6) is -0.626. The lowest BCUT2D eigenvalue weighted by Crippen LogP contribution is -2.15. The van der Waals surface area contributed by atoms with E-state index in [0.717, 1.165) is 11.8 Å². The Kier molecular flexibility index (Phi) is 5.94. The van der Waals surface area contributed by atoms with Crippen molar-refractivity contribution in [3.63, 3.8) is 0 Å². The number of nitrogens with two attached hydrogens (primary N) is 1. The molecule has 0 aliphatic heterocycles. The molecule has 3 aromatic heterocycles. The summed E-state index contributed by atoms with van der Waals surface area (Å²) >= 11 is 0. The molecule has 0 radical (unpaired) electrons. The Bertz CT molecular complexity index is 1600. The van der Waals surface area contributed by atoms with Crippen LogP contribution in [0.25, 0.3) is 33.5 Å². The largest absolute Gasteiger partial charge is 0.418 e. The molecule has 5 aromatic rings. The second-order valence-electron chi connectivity index (χ2n) is 8.88. The van der Waals surface area contributed by atoms with E-state index in [1.54, 1.807) is 59.6 Å². The van der Waals surface area contributed by atoms with Crippen LogP contribution in [0.4, 0.5) is 18.9 Å². The Hall–Kier alpha value is -4.60. The zero-order chi connectivity index (χ0) is 26.3. The third-order valence-electron chi connectivity index (χ3n) is 5.92. The smallest absolute Gasteiger partial charge is 0.381 e. The number of primary amides is 1. The number of aromatic nitrogens is 4. The Balaban J connectivity index is 1.74. The lowest BCUT2D eigenvalue weighted by Gasteiger charge is -2.17. The first kappa shape index (κ1) is 24.1. The molecule has 0 aliphatic rings. The molecule has 2 aromatic carbocycles. The van der Waals surface area contributed by atoms with Gasteiger partial charge in [-0.15, -0.1) is 0 Å². The quantitative estimate of drug-likeness (QED) is 0.305. The SMILES string of the molecule is CC(C)Nc1cc(C(N)=O)ccc1-n1cc(C(F)(F)F)c2c(-n3cnc(-c4cccnc4)c3)cccc21. The molecular formula is C27H23F3N6O. The van der Waals surface area contributed by atoms with E-state index in [4.69, 9.17) is 5.73 Å². The number of carbonyl (C=O) groups excluding carboxylic acids is 1. The van der Waals surface area contributed by atoms with E-state index in [0.29, 0.717) is 28.3 Å². The average Bonchev–Trinajstić information content (AvgIpc) is 3.50. The van der Waals surface area contributed by atoms with Gasteiger partial charge in [0, 0.05) is 47.3 Å². The van der Waals surface area contributed by atoms with Crippen LogP contribution in [0.2, 0.25) is 0 Å². The number of fused-ring (bicyclic) bond motifs is 1. The number of nitrogens with one attached hydrogen (secondary N) is 1. The normalized spacial score (nSPS) is 11.8. The second-order valence-corrected chi connectivity index (χ2v) is 8.88. The van der Waals surface area contributed by atoms with Crippen molar-refractivity contribution in [3.8, 4) is 22.6 Å². The molecule has 3 N–H and O–H groups in total. The predicted molar refractivity (Wildman–Crippen MR) is 136 cm³/mol. The van der Waals surface area contributed by atoms with Gasteiger partial charge in [0.15, 0.2) is 0 Å². The number of nitrogens with zero attached hydrogens (tertiary/aromatic N) is 4. The van der Waals surface area contributed by atoms with Crippen molar-refractivity contribution >= 4 is 22.5 Å². The second kappa shape index (κ2) is 9.12. The highest BCUT2D eigenvalue weighted by Crippen LogP contribution is 2.41. The van der Waals surface area contributed by atoms with Crippen molar-refractivity contribution in [1.29, 1.82) is 0 Å². The molecule has 0 unspecified atom stereocenters.